The lowest BCUT2D eigenvalue weighted by molar-refractivity contribution is 0.572. The fourth-order valence-electron chi connectivity index (χ4n) is 2.44. The molecule has 2 aromatic carbocycles. The van der Waals surface area contributed by atoms with Crippen molar-refractivity contribution >= 4 is 27.3 Å². The highest BCUT2D eigenvalue weighted by Crippen LogP contribution is 2.35. The van der Waals surface area contributed by atoms with E-state index in [0.717, 1.165) is 11.1 Å². The molecule has 5 heteroatoms. The molecule has 0 aliphatic carbocycles. The van der Waals surface area contributed by atoms with Crippen molar-refractivity contribution in [1.29, 1.82) is 0 Å². The van der Waals surface area contributed by atoms with Gasteiger partial charge in [0.1, 0.15) is 5.69 Å². The van der Waals surface area contributed by atoms with Gasteiger partial charge in [0.15, 0.2) is 11.6 Å². The Balaban J connectivity index is 2.02. The summed E-state index contributed by atoms with van der Waals surface area (Å²) >= 11 is 3.08. The first-order valence-electron chi connectivity index (χ1n) is 5.82. The minimum absolute atomic E-state index is 0.00111. The Labute approximate surface area is 118 Å². The van der Waals surface area contributed by atoms with Gasteiger partial charge >= 0.3 is 0 Å². The number of nitrogens with zero attached hydrogens (tertiary/aromatic N) is 1. The highest BCUT2D eigenvalue weighted by Gasteiger charge is 2.25. The molecule has 0 fully saturated rings. The lowest BCUT2D eigenvalue weighted by Gasteiger charge is -2.19. The number of hydrogen-bond donors (Lipinski definition) is 1. The van der Waals surface area contributed by atoms with Gasteiger partial charge in [0.05, 0.1) is 0 Å². The SMILES string of the molecule is Nc1cccc2c1CN(c1c(F)cc(Br)cc1F)C2. The Morgan fingerprint density at radius 2 is 1.79 bits per heavy atom. The predicted octanol–water partition coefficient (Wildman–Crippen LogP) is 3.83. The highest BCUT2D eigenvalue weighted by atomic mass is 79.9. The van der Waals surface area contributed by atoms with E-state index in [9.17, 15) is 8.78 Å². The standard InChI is InChI=1S/C14H11BrF2N2/c15-9-4-11(16)14(12(17)5-9)19-6-8-2-1-3-13(18)10(8)7-19/h1-5H,6-7,18H2. The van der Waals surface area contributed by atoms with Crippen molar-refractivity contribution in [2.75, 3.05) is 10.6 Å². The van der Waals surface area contributed by atoms with Gasteiger partial charge in [0.25, 0.3) is 0 Å². The molecule has 0 saturated carbocycles. The number of benzene rings is 2. The number of nitrogens with two attached hydrogens (primary N) is 1. The number of rotatable bonds is 1. The molecule has 98 valence electrons. The van der Waals surface area contributed by atoms with Crippen molar-refractivity contribution in [3.05, 3.63) is 57.6 Å². The monoisotopic (exact) mass is 324 g/mol. The molecule has 0 amide bonds. The minimum atomic E-state index is -0.571. The Morgan fingerprint density at radius 1 is 1.11 bits per heavy atom. The molecule has 2 aromatic rings. The van der Waals surface area contributed by atoms with Crippen LogP contribution in [0.2, 0.25) is 0 Å². The van der Waals surface area contributed by atoms with Crippen LogP contribution in [0.3, 0.4) is 0 Å². The van der Waals surface area contributed by atoms with E-state index in [1.165, 1.54) is 12.1 Å². The van der Waals surface area contributed by atoms with Crippen LogP contribution in [0.1, 0.15) is 11.1 Å². The van der Waals surface area contributed by atoms with Crippen LogP contribution in [-0.4, -0.2) is 0 Å². The molecule has 0 spiro atoms. The van der Waals surface area contributed by atoms with Gasteiger partial charge in [-0.3, -0.25) is 0 Å². The van der Waals surface area contributed by atoms with Gasteiger partial charge < -0.3 is 10.6 Å². The number of hydrogen-bond acceptors (Lipinski definition) is 2. The first-order chi connectivity index (χ1) is 9.06. The van der Waals surface area contributed by atoms with Crippen LogP contribution in [0.5, 0.6) is 0 Å². The van der Waals surface area contributed by atoms with Crippen LogP contribution in [-0.2, 0) is 13.1 Å². The first-order valence-corrected chi connectivity index (χ1v) is 6.61. The summed E-state index contributed by atoms with van der Waals surface area (Å²) < 4.78 is 28.3. The van der Waals surface area contributed by atoms with E-state index >= 15 is 0 Å². The third kappa shape index (κ3) is 2.08. The van der Waals surface area contributed by atoms with Crippen molar-refractivity contribution in [3.8, 4) is 0 Å². The first kappa shape index (κ1) is 12.4. The zero-order valence-corrected chi connectivity index (χ0v) is 11.5. The van der Waals surface area contributed by atoms with Crippen LogP contribution >= 0.6 is 15.9 Å². The maximum atomic E-state index is 13.9. The summed E-state index contributed by atoms with van der Waals surface area (Å²) in [6.45, 7) is 0.896. The van der Waals surface area contributed by atoms with E-state index in [-0.39, 0.29) is 5.69 Å². The number of halogens is 3. The summed E-state index contributed by atoms with van der Waals surface area (Å²) in [6.07, 6.45) is 0. The lowest BCUT2D eigenvalue weighted by Crippen LogP contribution is -2.18. The molecule has 1 heterocycles. The molecular formula is C14H11BrF2N2. The lowest BCUT2D eigenvalue weighted by atomic mass is 10.1. The summed E-state index contributed by atoms with van der Waals surface area (Å²) in [4.78, 5) is 1.66. The molecule has 0 saturated heterocycles. The van der Waals surface area contributed by atoms with E-state index in [1.807, 2.05) is 12.1 Å². The van der Waals surface area contributed by atoms with Crippen LogP contribution in [0.4, 0.5) is 20.2 Å². The predicted molar refractivity (Wildman–Crippen MR) is 74.8 cm³/mol. The number of anilines is 2. The van der Waals surface area contributed by atoms with Gasteiger partial charge in [0, 0.05) is 23.2 Å². The van der Waals surface area contributed by atoms with Crippen molar-refractivity contribution in [2.24, 2.45) is 0 Å². The van der Waals surface area contributed by atoms with Gasteiger partial charge in [-0.1, -0.05) is 28.1 Å². The second-order valence-corrected chi connectivity index (χ2v) is 5.47. The zero-order valence-electron chi connectivity index (χ0n) is 9.96. The summed E-state index contributed by atoms with van der Waals surface area (Å²) in [5, 5.41) is 0. The largest absolute Gasteiger partial charge is 0.398 e. The number of fused-ring (bicyclic) bond motifs is 1. The Hall–Kier alpha value is -1.62. The molecule has 19 heavy (non-hydrogen) atoms. The Bertz CT molecular complexity index is 635. The molecule has 2 nitrogen and oxygen atoms in total. The van der Waals surface area contributed by atoms with Gasteiger partial charge in [-0.15, -0.1) is 0 Å². The average Bonchev–Trinajstić information content (AvgIpc) is 2.72. The molecule has 3 rings (SSSR count). The molecule has 1 aliphatic rings. The maximum Gasteiger partial charge on any atom is 0.150 e. The van der Waals surface area contributed by atoms with Crippen LogP contribution in [0.25, 0.3) is 0 Å². The summed E-state index contributed by atoms with van der Waals surface area (Å²) in [7, 11) is 0. The molecule has 0 aromatic heterocycles. The van der Waals surface area contributed by atoms with Crippen molar-refractivity contribution in [3.63, 3.8) is 0 Å². The second-order valence-electron chi connectivity index (χ2n) is 4.56. The summed E-state index contributed by atoms with van der Waals surface area (Å²) in [5.41, 5.74) is 8.52. The smallest absolute Gasteiger partial charge is 0.150 e. The normalized spacial score (nSPS) is 13.7. The van der Waals surface area contributed by atoms with Gasteiger partial charge in [0.2, 0.25) is 0 Å². The van der Waals surface area contributed by atoms with Crippen molar-refractivity contribution < 1.29 is 8.78 Å². The fourth-order valence-corrected chi connectivity index (χ4v) is 2.84. The second kappa shape index (κ2) is 4.49. The fraction of sp³-hybridized carbons (Fsp3) is 0.143. The van der Waals surface area contributed by atoms with Crippen molar-refractivity contribution in [2.45, 2.75) is 13.1 Å². The van der Waals surface area contributed by atoms with Gasteiger partial charge in [-0.2, -0.15) is 0 Å². The Kier molecular flexibility index (Phi) is 2.93. The molecule has 0 radical (unpaired) electrons. The van der Waals surface area contributed by atoms with E-state index in [1.54, 1.807) is 11.0 Å². The highest BCUT2D eigenvalue weighted by molar-refractivity contribution is 9.10. The maximum absolute atomic E-state index is 13.9. The van der Waals surface area contributed by atoms with E-state index in [4.69, 9.17) is 5.73 Å². The average molecular weight is 325 g/mol. The van der Waals surface area contributed by atoms with Crippen LogP contribution in [0.15, 0.2) is 34.8 Å². The van der Waals surface area contributed by atoms with Crippen LogP contribution in [0, 0.1) is 11.6 Å². The molecule has 0 atom stereocenters. The Morgan fingerprint density at radius 3 is 2.42 bits per heavy atom. The third-order valence-corrected chi connectivity index (χ3v) is 3.78. The topological polar surface area (TPSA) is 29.3 Å². The van der Waals surface area contributed by atoms with Crippen LogP contribution < -0.4 is 10.6 Å². The molecule has 0 unspecified atom stereocenters. The zero-order chi connectivity index (χ0) is 13.6. The van der Waals surface area contributed by atoms with Gasteiger partial charge in [-0.25, -0.2) is 8.78 Å². The van der Waals surface area contributed by atoms with E-state index in [2.05, 4.69) is 15.9 Å². The quantitative estimate of drug-likeness (QED) is 0.808. The van der Waals surface area contributed by atoms with E-state index < -0.39 is 11.6 Å². The third-order valence-electron chi connectivity index (χ3n) is 3.32. The molecule has 1 aliphatic heterocycles. The molecular weight excluding hydrogens is 314 g/mol. The molecule has 2 N–H and O–H groups in total. The summed E-state index contributed by atoms with van der Waals surface area (Å²) in [6, 6.07) is 8.12. The van der Waals surface area contributed by atoms with Gasteiger partial charge in [-0.05, 0) is 29.3 Å². The number of nitrogen functional groups attached to an aromatic ring is 1. The van der Waals surface area contributed by atoms with E-state index in [0.29, 0.717) is 23.2 Å². The van der Waals surface area contributed by atoms with Crippen molar-refractivity contribution in [1.82, 2.24) is 0 Å². The molecule has 0 bridgehead atoms. The minimum Gasteiger partial charge on any atom is -0.398 e. The summed E-state index contributed by atoms with van der Waals surface area (Å²) in [5.74, 6) is -1.14.